The first-order chi connectivity index (χ1) is 17.4. The minimum atomic E-state index is -4.10. The van der Waals surface area contributed by atoms with Crippen LogP contribution in [-0.2, 0) is 14.8 Å². The number of methoxy groups -OCH3 is 1. The van der Waals surface area contributed by atoms with Crippen LogP contribution in [0.25, 0.3) is 0 Å². The Morgan fingerprint density at radius 1 is 0.861 bits per heavy atom. The number of benzene rings is 4. The van der Waals surface area contributed by atoms with Gasteiger partial charge in [-0.1, -0.05) is 78.3 Å². The molecule has 0 bridgehead atoms. The van der Waals surface area contributed by atoms with E-state index in [4.69, 9.17) is 16.3 Å². The lowest BCUT2D eigenvalue weighted by Crippen LogP contribution is -2.42. The lowest BCUT2D eigenvalue weighted by atomic mass is 9.99. The van der Waals surface area contributed by atoms with Crippen LogP contribution in [0, 0.1) is 0 Å². The van der Waals surface area contributed by atoms with Crippen molar-refractivity contribution in [1.29, 1.82) is 0 Å². The Labute approximate surface area is 216 Å². The second-order valence-corrected chi connectivity index (χ2v) is 10.3. The minimum absolute atomic E-state index is 0.0266. The summed E-state index contributed by atoms with van der Waals surface area (Å²) in [5, 5.41) is 3.36. The summed E-state index contributed by atoms with van der Waals surface area (Å²) in [6.07, 6.45) is 0. The number of hydrogen-bond acceptors (Lipinski definition) is 4. The molecule has 4 aromatic carbocycles. The molecule has 0 spiro atoms. The van der Waals surface area contributed by atoms with E-state index in [2.05, 4.69) is 5.32 Å². The Hall–Kier alpha value is -3.81. The minimum Gasteiger partial charge on any atom is -0.497 e. The molecule has 0 atom stereocenters. The van der Waals surface area contributed by atoms with Crippen LogP contribution in [0.3, 0.4) is 0 Å². The van der Waals surface area contributed by atoms with Crippen molar-refractivity contribution < 1.29 is 17.9 Å². The van der Waals surface area contributed by atoms with Crippen LogP contribution < -0.4 is 14.4 Å². The summed E-state index contributed by atoms with van der Waals surface area (Å²) in [6, 6.07) is 31.0. The van der Waals surface area contributed by atoms with E-state index in [1.54, 1.807) is 30.3 Å². The van der Waals surface area contributed by atoms with Gasteiger partial charge in [0.2, 0.25) is 5.91 Å². The van der Waals surface area contributed by atoms with E-state index < -0.39 is 28.5 Å². The lowest BCUT2D eigenvalue weighted by molar-refractivity contribution is -0.120. The van der Waals surface area contributed by atoms with Gasteiger partial charge in [-0.25, -0.2) is 8.42 Å². The topological polar surface area (TPSA) is 75.7 Å². The normalized spacial score (nSPS) is 11.2. The maximum absolute atomic E-state index is 13.7. The molecule has 0 unspecified atom stereocenters. The van der Waals surface area contributed by atoms with E-state index in [0.29, 0.717) is 10.8 Å². The zero-order valence-corrected chi connectivity index (χ0v) is 21.1. The molecular formula is C28H25ClN2O4S. The number of amides is 1. The molecule has 0 aliphatic rings. The molecule has 0 heterocycles. The maximum Gasteiger partial charge on any atom is 0.264 e. The third-order valence-electron chi connectivity index (χ3n) is 5.60. The number of nitrogens with one attached hydrogen (secondary N) is 1. The predicted octanol–water partition coefficient (Wildman–Crippen LogP) is 5.45. The summed E-state index contributed by atoms with van der Waals surface area (Å²) in [7, 11) is -2.60. The van der Waals surface area contributed by atoms with E-state index in [0.717, 1.165) is 15.4 Å². The quantitative estimate of drug-likeness (QED) is 0.318. The third-order valence-corrected chi connectivity index (χ3v) is 7.63. The standard InChI is InChI=1S/C28H25ClN2O4S/c1-35-25-15-17-26(18-16-25)36(33,34)31(24-14-8-13-23(29)19-24)20-27(32)30-28(21-9-4-2-5-10-21)22-11-6-3-7-12-22/h2-19,28H,20H2,1H3,(H,30,32). The number of sulfonamides is 1. The fourth-order valence-corrected chi connectivity index (χ4v) is 5.41. The van der Waals surface area contributed by atoms with Crippen LogP contribution >= 0.6 is 11.6 Å². The molecule has 0 aliphatic heterocycles. The molecule has 0 radical (unpaired) electrons. The van der Waals surface area contributed by atoms with Crippen molar-refractivity contribution in [2.24, 2.45) is 0 Å². The molecule has 1 amide bonds. The lowest BCUT2D eigenvalue weighted by Gasteiger charge is -2.26. The molecule has 8 heteroatoms. The second kappa shape index (κ2) is 11.3. The van der Waals surface area contributed by atoms with Crippen molar-refractivity contribution in [2.45, 2.75) is 10.9 Å². The Morgan fingerprint density at radius 2 is 1.44 bits per heavy atom. The summed E-state index contributed by atoms with van der Waals surface area (Å²) < 4.78 is 33.5. The average Bonchev–Trinajstić information content (AvgIpc) is 2.91. The van der Waals surface area contributed by atoms with Crippen molar-refractivity contribution >= 4 is 33.2 Å². The number of carbonyl (C=O) groups is 1. The molecule has 0 saturated heterocycles. The number of halogens is 1. The first-order valence-electron chi connectivity index (χ1n) is 11.2. The molecule has 0 fully saturated rings. The van der Waals surface area contributed by atoms with Gasteiger partial charge in [-0.15, -0.1) is 0 Å². The fraction of sp³-hybridized carbons (Fsp3) is 0.107. The van der Waals surface area contributed by atoms with Crippen molar-refractivity contribution in [3.63, 3.8) is 0 Å². The summed E-state index contributed by atoms with van der Waals surface area (Å²) in [4.78, 5) is 13.4. The maximum atomic E-state index is 13.7. The van der Waals surface area contributed by atoms with Crippen molar-refractivity contribution in [3.8, 4) is 5.75 Å². The molecule has 0 aliphatic carbocycles. The number of hydrogen-bond donors (Lipinski definition) is 1. The zero-order chi connectivity index (χ0) is 25.5. The van der Waals surface area contributed by atoms with E-state index >= 15 is 0 Å². The fourth-order valence-electron chi connectivity index (χ4n) is 3.81. The van der Waals surface area contributed by atoms with Crippen LogP contribution in [0.5, 0.6) is 5.75 Å². The molecule has 6 nitrogen and oxygen atoms in total. The number of nitrogens with zero attached hydrogens (tertiary/aromatic N) is 1. The summed E-state index contributed by atoms with van der Waals surface area (Å²) in [5.41, 5.74) is 2.04. The number of ether oxygens (including phenoxy) is 1. The number of anilines is 1. The molecule has 4 rings (SSSR count). The Bertz CT molecular complexity index is 1370. The smallest absolute Gasteiger partial charge is 0.264 e. The second-order valence-electron chi connectivity index (χ2n) is 7.99. The SMILES string of the molecule is COc1ccc(S(=O)(=O)N(CC(=O)NC(c2ccccc2)c2ccccc2)c2cccc(Cl)c2)cc1. The highest BCUT2D eigenvalue weighted by molar-refractivity contribution is 7.92. The van der Waals surface area contributed by atoms with E-state index in [1.165, 1.54) is 25.3 Å². The molecular weight excluding hydrogens is 496 g/mol. The van der Waals surface area contributed by atoms with Gasteiger partial charge in [0, 0.05) is 5.02 Å². The summed E-state index contributed by atoms with van der Waals surface area (Å²) >= 11 is 6.17. The van der Waals surface area contributed by atoms with Gasteiger partial charge in [-0.3, -0.25) is 9.10 Å². The van der Waals surface area contributed by atoms with Gasteiger partial charge in [-0.2, -0.15) is 0 Å². The van der Waals surface area contributed by atoms with Crippen molar-refractivity contribution in [2.75, 3.05) is 18.0 Å². The van der Waals surface area contributed by atoms with Crippen LogP contribution in [0.4, 0.5) is 5.69 Å². The first-order valence-corrected chi connectivity index (χ1v) is 13.0. The van der Waals surface area contributed by atoms with Gasteiger partial charge in [0.25, 0.3) is 10.0 Å². The van der Waals surface area contributed by atoms with Gasteiger partial charge < -0.3 is 10.1 Å². The predicted molar refractivity (Wildman–Crippen MR) is 142 cm³/mol. The van der Waals surface area contributed by atoms with Crippen LogP contribution in [0.2, 0.25) is 5.02 Å². The molecule has 184 valence electrons. The highest BCUT2D eigenvalue weighted by Crippen LogP contribution is 2.28. The van der Waals surface area contributed by atoms with Crippen LogP contribution in [-0.4, -0.2) is 28.0 Å². The van der Waals surface area contributed by atoms with Gasteiger partial charge in [0.1, 0.15) is 12.3 Å². The van der Waals surface area contributed by atoms with Crippen molar-refractivity contribution in [1.82, 2.24) is 5.32 Å². The van der Waals surface area contributed by atoms with Gasteiger partial charge >= 0.3 is 0 Å². The van der Waals surface area contributed by atoms with Gasteiger partial charge in [-0.05, 0) is 53.6 Å². The number of rotatable bonds is 9. The molecule has 36 heavy (non-hydrogen) atoms. The van der Waals surface area contributed by atoms with E-state index in [9.17, 15) is 13.2 Å². The Kier molecular flexibility index (Phi) is 7.93. The van der Waals surface area contributed by atoms with Gasteiger partial charge in [0.15, 0.2) is 0 Å². The van der Waals surface area contributed by atoms with E-state index in [-0.39, 0.29) is 10.6 Å². The van der Waals surface area contributed by atoms with Gasteiger partial charge in [0.05, 0.1) is 23.7 Å². The highest BCUT2D eigenvalue weighted by atomic mass is 35.5. The van der Waals surface area contributed by atoms with Crippen LogP contribution in [0.15, 0.2) is 114 Å². The number of carbonyl (C=O) groups excluding carboxylic acids is 1. The molecule has 4 aromatic rings. The average molecular weight is 521 g/mol. The molecule has 0 saturated carbocycles. The Balaban J connectivity index is 1.68. The summed E-state index contributed by atoms with van der Waals surface area (Å²) in [5.74, 6) is 0.0549. The monoisotopic (exact) mass is 520 g/mol. The molecule has 1 N–H and O–H groups in total. The molecule has 0 aromatic heterocycles. The van der Waals surface area contributed by atoms with Crippen LogP contribution in [0.1, 0.15) is 17.2 Å². The first kappa shape index (κ1) is 25.3. The zero-order valence-electron chi connectivity index (χ0n) is 19.5. The third kappa shape index (κ3) is 5.87. The highest BCUT2D eigenvalue weighted by Gasteiger charge is 2.28. The van der Waals surface area contributed by atoms with E-state index in [1.807, 2.05) is 60.7 Å². The largest absolute Gasteiger partial charge is 0.497 e. The van der Waals surface area contributed by atoms with Crippen molar-refractivity contribution in [3.05, 3.63) is 125 Å². The Morgan fingerprint density at radius 3 is 1.97 bits per heavy atom. The summed E-state index contributed by atoms with van der Waals surface area (Å²) in [6.45, 7) is -0.440.